The standard InChI is InChI=1S/C48H33NS2/c1-8-22-48(23-9-1)40-13-5-2-10-32(40)36-28-47-39(27-41(36)48)37-24-29(17-20-45(37)51-47)30-16-19-34-33-11-3-6-14-42(33)49(43(34)25-30)31-18-21-46-38(26-31)35-12-4-7-15-44(35)50-46/h2-7,10-21,24-28H,1,8-9,22-23H2. The minimum Gasteiger partial charge on any atom is -0.309 e. The molecule has 1 spiro atoms. The average molecular weight is 688 g/mol. The van der Waals surface area contributed by atoms with Crippen molar-refractivity contribution in [2.75, 3.05) is 0 Å². The number of benzene rings is 7. The number of aromatic nitrogens is 1. The number of nitrogens with zero attached hydrogens (tertiary/aromatic N) is 1. The molecule has 0 bridgehead atoms. The first-order valence-corrected chi connectivity index (χ1v) is 19.9. The molecule has 10 aromatic rings. The van der Waals surface area contributed by atoms with Crippen molar-refractivity contribution in [2.24, 2.45) is 0 Å². The Balaban J connectivity index is 1.05. The van der Waals surface area contributed by atoms with Crippen LogP contribution < -0.4 is 0 Å². The number of para-hydroxylation sites is 1. The van der Waals surface area contributed by atoms with E-state index in [0.717, 1.165) is 0 Å². The summed E-state index contributed by atoms with van der Waals surface area (Å²) in [6, 6.07) is 53.3. The first-order valence-electron chi connectivity index (χ1n) is 18.3. The van der Waals surface area contributed by atoms with Gasteiger partial charge in [-0.1, -0.05) is 98.1 Å². The second kappa shape index (κ2) is 10.4. The quantitative estimate of drug-likeness (QED) is 0.170. The van der Waals surface area contributed by atoms with E-state index in [1.807, 2.05) is 22.7 Å². The Morgan fingerprint density at radius 1 is 0.412 bits per heavy atom. The molecule has 3 heteroatoms. The molecule has 12 rings (SSSR count). The van der Waals surface area contributed by atoms with Crippen LogP contribution in [0, 0.1) is 0 Å². The summed E-state index contributed by atoms with van der Waals surface area (Å²) in [7, 11) is 0. The van der Waals surface area contributed by atoms with Crippen LogP contribution in [0.5, 0.6) is 0 Å². The van der Waals surface area contributed by atoms with E-state index in [9.17, 15) is 0 Å². The molecule has 1 nitrogen and oxygen atoms in total. The van der Waals surface area contributed by atoms with Gasteiger partial charge in [0.2, 0.25) is 0 Å². The Kier molecular flexibility index (Phi) is 5.81. The van der Waals surface area contributed by atoms with E-state index in [2.05, 4.69) is 144 Å². The molecule has 3 aromatic heterocycles. The molecule has 0 radical (unpaired) electrons. The topological polar surface area (TPSA) is 4.93 Å². The van der Waals surface area contributed by atoms with Crippen molar-refractivity contribution >= 4 is 84.8 Å². The maximum Gasteiger partial charge on any atom is 0.0547 e. The van der Waals surface area contributed by atoms with Crippen LogP contribution in [0.25, 0.3) is 90.1 Å². The molecule has 1 saturated carbocycles. The van der Waals surface area contributed by atoms with Gasteiger partial charge < -0.3 is 4.57 Å². The molecule has 0 aliphatic heterocycles. The van der Waals surface area contributed by atoms with Gasteiger partial charge in [0.05, 0.1) is 11.0 Å². The van der Waals surface area contributed by atoms with Gasteiger partial charge in [-0.3, -0.25) is 0 Å². The molecule has 0 atom stereocenters. The van der Waals surface area contributed by atoms with E-state index in [1.54, 1.807) is 11.1 Å². The Morgan fingerprint density at radius 2 is 1.08 bits per heavy atom. The maximum atomic E-state index is 2.60. The lowest BCUT2D eigenvalue weighted by Gasteiger charge is -2.36. The van der Waals surface area contributed by atoms with Crippen LogP contribution in [0.3, 0.4) is 0 Å². The van der Waals surface area contributed by atoms with Crippen molar-refractivity contribution in [1.82, 2.24) is 4.57 Å². The van der Waals surface area contributed by atoms with Crippen molar-refractivity contribution in [3.8, 4) is 27.9 Å². The third-order valence-electron chi connectivity index (χ3n) is 12.2. The normalized spacial score (nSPS) is 15.2. The SMILES string of the molecule is c1ccc2c(c1)-c1cc3sc4ccc(-c5ccc6c7ccccc7n(-c7ccc8sc9ccccc9c8c7)c6c5)cc4c3cc1C21CCCCC1. The molecule has 3 heterocycles. The highest BCUT2D eigenvalue weighted by molar-refractivity contribution is 7.26. The molecule has 0 unspecified atom stereocenters. The van der Waals surface area contributed by atoms with E-state index in [-0.39, 0.29) is 5.41 Å². The summed E-state index contributed by atoms with van der Waals surface area (Å²) < 4.78 is 7.92. The lowest BCUT2D eigenvalue weighted by molar-refractivity contribution is 0.353. The van der Waals surface area contributed by atoms with E-state index in [1.165, 1.54) is 122 Å². The zero-order chi connectivity index (χ0) is 33.3. The molecule has 0 saturated heterocycles. The van der Waals surface area contributed by atoms with Crippen LogP contribution in [0.15, 0.2) is 140 Å². The van der Waals surface area contributed by atoms with Crippen LogP contribution in [0.4, 0.5) is 0 Å². The van der Waals surface area contributed by atoms with Gasteiger partial charge in [0.25, 0.3) is 0 Å². The van der Waals surface area contributed by atoms with Crippen LogP contribution in [-0.2, 0) is 5.41 Å². The van der Waals surface area contributed by atoms with Gasteiger partial charge in [-0.2, -0.15) is 0 Å². The summed E-state index contributed by atoms with van der Waals surface area (Å²) in [4.78, 5) is 0. The van der Waals surface area contributed by atoms with Crippen LogP contribution >= 0.6 is 22.7 Å². The van der Waals surface area contributed by atoms with Gasteiger partial charge >= 0.3 is 0 Å². The summed E-state index contributed by atoms with van der Waals surface area (Å²) in [6.45, 7) is 0. The second-order valence-corrected chi connectivity index (χ2v) is 16.9. The van der Waals surface area contributed by atoms with Crippen LogP contribution in [0.2, 0.25) is 0 Å². The molecule has 242 valence electrons. The second-order valence-electron chi connectivity index (χ2n) is 14.8. The van der Waals surface area contributed by atoms with Crippen LogP contribution in [-0.4, -0.2) is 4.57 Å². The van der Waals surface area contributed by atoms with E-state index in [0.29, 0.717) is 0 Å². The molecular weight excluding hydrogens is 655 g/mol. The number of hydrogen-bond donors (Lipinski definition) is 0. The lowest BCUT2D eigenvalue weighted by Crippen LogP contribution is -2.27. The average Bonchev–Trinajstić information content (AvgIpc) is 3.91. The van der Waals surface area contributed by atoms with Gasteiger partial charge in [-0.25, -0.2) is 0 Å². The molecule has 2 aliphatic carbocycles. The van der Waals surface area contributed by atoms with E-state index in [4.69, 9.17) is 0 Å². The van der Waals surface area contributed by atoms with Gasteiger partial charge in [0, 0.05) is 62.2 Å². The zero-order valence-corrected chi connectivity index (χ0v) is 29.7. The van der Waals surface area contributed by atoms with Crippen molar-refractivity contribution in [3.63, 3.8) is 0 Å². The smallest absolute Gasteiger partial charge is 0.0547 e. The minimum absolute atomic E-state index is 0.168. The van der Waals surface area contributed by atoms with Gasteiger partial charge in [-0.15, -0.1) is 22.7 Å². The third-order valence-corrected chi connectivity index (χ3v) is 14.5. The highest BCUT2D eigenvalue weighted by Gasteiger charge is 2.43. The molecule has 51 heavy (non-hydrogen) atoms. The van der Waals surface area contributed by atoms with Crippen molar-refractivity contribution < 1.29 is 0 Å². The van der Waals surface area contributed by atoms with Crippen molar-refractivity contribution in [3.05, 3.63) is 151 Å². The van der Waals surface area contributed by atoms with Crippen molar-refractivity contribution in [2.45, 2.75) is 37.5 Å². The molecule has 2 aliphatic rings. The predicted molar refractivity (Wildman–Crippen MR) is 221 cm³/mol. The minimum atomic E-state index is 0.168. The third kappa shape index (κ3) is 3.91. The lowest BCUT2D eigenvalue weighted by atomic mass is 9.68. The predicted octanol–water partition coefficient (Wildman–Crippen LogP) is 14.4. The molecule has 1 fully saturated rings. The highest BCUT2D eigenvalue weighted by atomic mass is 32.1. The fourth-order valence-electron chi connectivity index (χ4n) is 9.88. The number of rotatable bonds is 2. The molecule has 0 amide bonds. The van der Waals surface area contributed by atoms with Crippen molar-refractivity contribution in [1.29, 1.82) is 0 Å². The van der Waals surface area contributed by atoms with E-state index >= 15 is 0 Å². The fraction of sp³-hybridized carbons (Fsp3) is 0.125. The zero-order valence-electron chi connectivity index (χ0n) is 28.1. The van der Waals surface area contributed by atoms with Gasteiger partial charge in [0.1, 0.15) is 0 Å². The molecular formula is C48H33NS2. The summed E-state index contributed by atoms with van der Waals surface area (Å²) in [6.07, 6.45) is 6.52. The summed E-state index contributed by atoms with van der Waals surface area (Å²) in [5, 5.41) is 8.04. The fourth-order valence-corrected chi connectivity index (χ4v) is 12.1. The molecule has 0 N–H and O–H groups in total. The van der Waals surface area contributed by atoms with Gasteiger partial charge in [-0.05, 0) is 107 Å². The first-order chi connectivity index (χ1) is 25.2. The number of fused-ring (bicyclic) bond motifs is 14. The Morgan fingerprint density at radius 3 is 2.00 bits per heavy atom. The highest BCUT2D eigenvalue weighted by Crippen LogP contribution is 2.57. The summed E-state index contributed by atoms with van der Waals surface area (Å²) in [5.41, 5.74) is 12.5. The first kappa shape index (κ1) is 28.5. The largest absolute Gasteiger partial charge is 0.309 e. The number of thiophene rings is 2. The summed E-state index contributed by atoms with van der Waals surface area (Å²) >= 11 is 3.82. The Bertz CT molecular complexity index is 3070. The molecule has 7 aromatic carbocycles. The van der Waals surface area contributed by atoms with Crippen LogP contribution in [0.1, 0.15) is 43.2 Å². The monoisotopic (exact) mass is 687 g/mol. The van der Waals surface area contributed by atoms with E-state index < -0.39 is 0 Å². The Hall–Kier alpha value is -5.22. The Labute approximate surface area is 304 Å². The maximum absolute atomic E-state index is 2.60. The number of hydrogen-bond acceptors (Lipinski definition) is 2. The van der Waals surface area contributed by atoms with Gasteiger partial charge in [0.15, 0.2) is 0 Å². The summed E-state index contributed by atoms with van der Waals surface area (Å²) in [5.74, 6) is 0.